The topological polar surface area (TPSA) is 12.4 Å². The van der Waals surface area contributed by atoms with Crippen LogP contribution in [0.1, 0.15) is 16.0 Å². The van der Waals surface area contributed by atoms with Crippen LogP contribution in [0.25, 0.3) is 0 Å². The first-order valence-electron chi connectivity index (χ1n) is 5.16. The van der Waals surface area contributed by atoms with Crippen molar-refractivity contribution in [2.75, 3.05) is 6.26 Å². The van der Waals surface area contributed by atoms with E-state index in [1.165, 1.54) is 16.0 Å². The van der Waals surface area contributed by atoms with Gasteiger partial charge in [0.15, 0.2) is 0 Å². The minimum absolute atomic E-state index is 1.00. The summed E-state index contributed by atoms with van der Waals surface area (Å²) in [6.07, 6.45) is 3.10. The van der Waals surface area contributed by atoms with Gasteiger partial charge in [-0.05, 0) is 34.9 Å². The molecular formula is C13H11NS2. The summed E-state index contributed by atoms with van der Waals surface area (Å²) in [6.45, 7) is 0. The zero-order valence-electron chi connectivity index (χ0n) is 8.93. The van der Waals surface area contributed by atoms with Crippen molar-refractivity contribution >= 4 is 33.8 Å². The maximum absolute atomic E-state index is 4.76. The average molecular weight is 245 g/mol. The highest BCUT2D eigenvalue weighted by Gasteiger charge is 2.16. The van der Waals surface area contributed by atoms with Crippen molar-refractivity contribution in [2.45, 2.75) is 6.42 Å². The van der Waals surface area contributed by atoms with Crippen molar-refractivity contribution in [3.63, 3.8) is 0 Å². The summed E-state index contributed by atoms with van der Waals surface area (Å²) in [5, 5.41) is 3.31. The van der Waals surface area contributed by atoms with E-state index in [2.05, 4.69) is 42.0 Å². The van der Waals surface area contributed by atoms with Crippen LogP contribution in [0.3, 0.4) is 0 Å². The minimum atomic E-state index is 1.00. The molecular weight excluding hydrogens is 234 g/mol. The molecule has 1 nitrogen and oxygen atoms in total. The molecule has 0 atom stereocenters. The summed E-state index contributed by atoms with van der Waals surface area (Å²) < 4.78 is 0. The molecule has 0 bridgehead atoms. The lowest BCUT2D eigenvalue weighted by Gasteiger charge is -2.00. The molecule has 3 heteroatoms. The maximum Gasteiger partial charge on any atom is 0.114 e. The first-order chi connectivity index (χ1) is 7.88. The Hall–Kier alpha value is -1.06. The largest absolute Gasteiger partial charge is 0.240 e. The van der Waals surface area contributed by atoms with Gasteiger partial charge in [-0.3, -0.25) is 0 Å². The van der Waals surface area contributed by atoms with Gasteiger partial charge in [0.2, 0.25) is 0 Å². The molecule has 80 valence electrons. The van der Waals surface area contributed by atoms with E-state index in [1.807, 2.05) is 0 Å². The summed E-state index contributed by atoms with van der Waals surface area (Å²) in [5.41, 5.74) is 3.85. The van der Waals surface area contributed by atoms with Crippen molar-refractivity contribution in [1.82, 2.24) is 0 Å². The summed E-state index contributed by atoms with van der Waals surface area (Å²) in [7, 11) is 0. The highest BCUT2D eigenvalue weighted by Crippen LogP contribution is 2.33. The second kappa shape index (κ2) is 4.07. The molecule has 0 aliphatic carbocycles. The lowest BCUT2D eigenvalue weighted by Crippen LogP contribution is -1.92. The molecule has 2 heterocycles. The van der Waals surface area contributed by atoms with Crippen LogP contribution in [0.5, 0.6) is 0 Å². The van der Waals surface area contributed by atoms with Crippen molar-refractivity contribution in [1.29, 1.82) is 0 Å². The number of para-hydroxylation sites is 1. The Kier molecular flexibility index (Phi) is 2.58. The molecule has 0 amide bonds. The molecule has 0 fully saturated rings. The lowest BCUT2D eigenvalue weighted by molar-refractivity contribution is 1.21. The van der Waals surface area contributed by atoms with Crippen LogP contribution in [-0.2, 0) is 6.42 Å². The number of benzene rings is 1. The molecule has 0 saturated carbocycles. The molecule has 0 saturated heterocycles. The lowest BCUT2D eigenvalue weighted by atomic mass is 10.1. The number of nitrogens with zero attached hydrogens (tertiary/aromatic N) is 1. The van der Waals surface area contributed by atoms with Gasteiger partial charge in [0, 0.05) is 6.42 Å². The Balaban J connectivity index is 2.23. The Morgan fingerprint density at radius 3 is 2.94 bits per heavy atom. The van der Waals surface area contributed by atoms with Gasteiger partial charge in [-0.1, -0.05) is 18.2 Å². The number of aliphatic imine (C=N–C) groups is 1. The van der Waals surface area contributed by atoms with Gasteiger partial charge in [-0.2, -0.15) is 0 Å². The molecule has 16 heavy (non-hydrogen) atoms. The quantitative estimate of drug-likeness (QED) is 0.681. The van der Waals surface area contributed by atoms with E-state index in [4.69, 9.17) is 4.99 Å². The van der Waals surface area contributed by atoms with Crippen molar-refractivity contribution < 1.29 is 0 Å². The molecule has 0 N–H and O–H groups in total. The third-order valence-corrected chi connectivity index (χ3v) is 4.50. The van der Waals surface area contributed by atoms with E-state index < -0.39 is 0 Å². The zero-order chi connectivity index (χ0) is 11.0. The van der Waals surface area contributed by atoms with Gasteiger partial charge in [0.25, 0.3) is 0 Å². The fourth-order valence-corrected chi connectivity index (χ4v) is 3.64. The van der Waals surface area contributed by atoms with Gasteiger partial charge in [-0.15, -0.1) is 23.1 Å². The molecule has 1 aromatic heterocycles. The predicted molar refractivity (Wildman–Crippen MR) is 73.3 cm³/mol. The van der Waals surface area contributed by atoms with Gasteiger partial charge < -0.3 is 0 Å². The monoisotopic (exact) mass is 245 g/mol. The minimum Gasteiger partial charge on any atom is -0.240 e. The van der Waals surface area contributed by atoms with Gasteiger partial charge >= 0.3 is 0 Å². The highest BCUT2D eigenvalue weighted by molar-refractivity contribution is 8.14. The summed E-state index contributed by atoms with van der Waals surface area (Å²) in [4.78, 5) is 6.10. The molecule has 2 aromatic rings. The van der Waals surface area contributed by atoms with E-state index in [9.17, 15) is 0 Å². The van der Waals surface area contributed by atoms with Crippen LogP contribution in [0.2, 0.25) is 0 Å². The smallest absolute Gasteiger partial charge is 0.114 e. The molecule has 0 radical (unpaired) electrons. The Bertz CT molecular complexity index is 555. The van der Waals surface area contributed by atoms with Crippen LogP contribution in [0.15, 0.2) is 40.7 Å². The second-order valence-electron chi connectivity index (χ2n) is 3.70. The van der Waals surface area contributed by atoms with Crippen molar-refractivity contribution in [2.24, 2.45) is 4.99 Å². The average Bonchev–Trinajstić information content (AvgIpc) is 2.70. The Morgan fingerprint density at radius 2 is 2.06 bits per heavy atom. The molecule has 3 rings (SSSR count). The number of rotatable bonds is 0. The molecule has 0 spiro atoms. The number of hydrogen-bond donors (Lipinski definition) is 0. The maximum atomic E-state index is 4.76. The highest BCUT2D eigenvalue weighted by atomic mass is 32.2. The number of fused-ring (bicyclic) bond motifs is 2. The van der Waals surface area contributed by atoms with E-state index >= 15 is 0 Å². The summed E-state index contributed by atoms with van der Waals surface area (Å²) in [5.74, 6) is 0. The SMILES string of the molecule is CSC1=Nc2ccccc2Cc2ccsc21. The number of thioether (sulfide) groups is 1. The first kappa shape index (κ1) is 10.1. The van der Waals surface area contributed by atoms with E-state index in [-0.39, 0.29) is 0 Å². The summed E-state index contributed by atoms with van der Waals surface area (Å²) in [6, 6.07) is 10.6. The number of thiophene rings is 1. The van der Waals surface area contributed by atoms with Crippen LogP contribution in [-0.4, -0.2) is 11.3 Å². The third kappa shape index (κ3) is 1.60. The van der Waals surface area contributed by atoms with Crippen LogP contribution >= 0.6 is 23.1 Å². The zero-order valence-corrected chi connectivity index (χ0v) is 10.6. The van der Waals surface area contributed by atoms with Crippen LogP contribution in [0, 0.1) is 0 Å². The van der Waals surface area contributed by atoms with Crippen molar-refractivity contribution in [3.05, 3.63) is 51.7 Å². The molecule has 1 aliphatic rings. The fourth-order valence-electron chi connectivity index (χ4n) is 1.94. The Morgan fingerprint density at radius 1 is 1.19 bits per heavy atom. The molecule has 1 aromatic carbocycles. The standard InChI is InChI=1S/C13H11NS2/c1-15-13-12-10(6-7-16-12)8-9-4-2-3-5-11(9)14-13/h2-7H,8H2,1H3. The van der Waals surface area contributed by atoms with Gasteiger partial charge in [0.1, 0.15) is 5.04 Å². The van der Waals surface area contributed by atoms with E-state index in [0.717, 1.165) is 17.2 Å². The van der Waals surface area contributed by atoms with Gasteiger partial charge in [0.05, 0.1) is 10.6 Å². The summed E-state index contributed by atoms with van der Waals surface area (Å²) >= 11 is 3.52. The van der Waals surface area contributed by atoms with Crippen LogP contribution in [0.4, 0.5) is 5.69 Å². The van der Waals surface area contributed by atoms with E-state index in [1.54, 1.807) is 23.1 Å². The van der Waals surface area contributed by atoms with Gasteiger partial charge in [-0.25, -0.2) is 4.99 Å². The predicted octanol–water partition coefficient (Wildman–Crippen LogP) is 4.09. The van der Waals surface area contributed by atoms with Crippen molar-refractivity contribution in [3.8, 4) is 0 Å². The fraction of sp³-hybridized carbons (Fsp3) is 0.154. The normalized spacial score (nSPS) is 13.7. The number of hydrogen-bond acceptors (Lipinski definition) is 3. The second-order valence-corrected chi connectivity index (χ2v) is 5.41. The molecule has 1 aliphatic heterocycles. The molecule has 0 unspecified atom stereocenters. The van der Waals surface area contributed by atoms with E-state index in [0.29, 0.717) is 0 Å². The first-order valence-corrected chi connectivity index (χ1v) is 7.26. The third-order valence-electron chi connectivity index (χ3n) is 2.73. The Labute approximate surface area is 103 Å². The van der Waals surface area contributed by atoms with Crippen LogP contribution < -0.4 is 0 Å².